The monoisotopic (exact) mass is 376 g/mol. The highest BCUT2D eigenvalue weighted by Gasteiger charge is 2.17. The Morgan fingerprint density at radius 2 is 1.65 bits per heavy atom. The highest BCUT2D eigenvalue weighted by atomic mass is 32.2. The largest absolute Gasteiger partial charge is 0.326 e. The number of rotatable bonds is 5. The zero-order chi connectivity index (χ0) is 19.3. The van der Waals surface area contributed by atoms with Crippen molar-refractivity contribution in [1.29, 1.82) is 0 Å². The van der Waals surface area contributed by atoms with Crippen LogP contribution in [0.4, 0.5) is 16.2 Å². The molecular formula is C17H20N4O4S. The molecule has 0 spiro atoms. The van der Waals surface area contributed by atoms with Gasteiger partial charge in [-0.15, -0.1) is 0 Å². The lowest BCUT2D eigenvalue weighted by atomic mass is 10.2. The molecule has 2 aromatic rings. The van der Waals surface area contributed by atoms with Crippen molar-refractivity contribution in [3.8, 4) is 0 Å². The number of nitrogens with two attached hydrogens (primary N) is 1. The van der Waals surface area contributed by atoms with E-state index >= 15 is 0 Å². The van der Waals surface area contributed by atoms with Crippen LogP contribution in [0.25, 0.3) is 0 Å². The van der Waals surface area contributed by atoms with Gasteiger partial charge in [0.15, 0.2) is 0 Å². The summed E-state index contributed by atoms with van der Waals surface area (Å²) in [5.74, 6) is -0.502. The summed E-state index contributed by atoms with van der Waals surface area (Å²) in [4.78, 5) is 24.1. The quantitative estimate of drug-likeness (QED) is 0.633. The maximum atomic E-state index is 12.2. The van der Waals surface area contributed by atoms with Crippen LogP contribution in [0.2, 0.25) is 0 Å². The first kappa shape index (κ1) is 19.4. The molecule has 0 aliphatic rings. The van der Waals surface area contributed by atoms with Gasteiger partial charge < -0.3 is 16.0 Å². The van der Waals surface area contributed by atoms with Crippen molar-refractivity contribution in [2.75, 3.05) is 10.6 Å². The lowest BCUT2D eigenvalue weighted by Crippen LogP contribution is -2.43. The average Bonchev–Trinajstić information content (AvgIpc) is 2.56. The summed E-state index contributed by atoms with van der Waals surface area (Å²) in [6, 6.07) is 11.8. The molecule has 5 N–H and O–H groups in total. The van der Waals surface area contributed by atoms with Gasteiger partial charge in [-0.2, -0.15) is 0 Å². The fourth-order valence-corrected chi connectivity index (χ4v) is 2.99. The molecule has 0 aromatic heterocycles. The zero-order valence-corrected chi connectivity index (χ0v) is 15.1. The van der Waals surface area contributed by atoms with Gasteiger partial charge in [-0.1, -0.05) is 24.3 Å². The van der Waals surface area contributed by atoms with E-state index in [1.807, 2.05) is 6.07 Å². The van der Waals surface area contributed by atoms with E-state index in [9.17, 15) is 18.0 Å². The van der Waals surface area contributed by atoms with Crippen LogP contribution in [0.1, 0.15) is 12.5 Å². The van der Waals surface area contributed by atoms with Crippen LogP contribution >= 0.6 is 0 Å². The van der Waals surface area contributed by atoms with Crippen molar-refractivity contribution in [1.82, 2.24) is 5.32 Å². The minimum Gasteiger partial charge on any atom is -0.326 e. The van der Waals surface area contributed by atoms with Crippen LogP contribution in [0, 0.1) is 6.92 Å². The Morgan fingerprint density at radius 1 is 1.00 bits per heavy atom. The number of anilines is 2. The number of aryl methyl sites for hydroxylation is 1. The van der Waals surface area contributed by atoms with Crippen molar-refractivity contribution < 1.29 is 18.0 Å². The molecule has 9 heteroatoms. The van der Waals surface area contributed by atoms with E-state index in [2.05, 4.69) is 16.0 Å². The molecule has 1 unspecified atom stereocenters. The lowest BCUT2D eigenvalue weighted by molar-refractivity contribution is -0.117. The second-order valence-electron chi connectivity index (χ2n) is 5.70. The summed E-state index contributed by atoms with van der Waals surface area (Å²) in [6.45, 7) is 3.11. The van der Waals surface area contributed by atoms with Gasteiger partial charge >= 0.3 is 6.03 Å². The predicted octanol–water partition coefficient (Wildman–Crippen LogP) is 1.79. The molecule has 0 saturated heterocycles. The molecule has 8 nitrogen and oxygen atoms in total. The summed E-state index contributed by atoms with van der Waals surface area (Å²) in [6.07, 6.45) is 0. The molecule has 3 amide bonds. The van der Waals surface area contributed by atoms with Crippen molar-refractivity contribution in [3.05, 3.63) is 54.1 Å². The third-order valence-electron chi connectivity index (χ3n) is 3.53. The molecule has 138 valence electrons. The van der Waals surface area contributed by atoms with Gasteiger partial charge in [0.05, 0.1) is 4.90 Å². The van der Waals surface area contributed by atoms with Gasteiger partial charge in [0.2, 0.25) is 15.9 Å². The van der Waals surface area contributed by atoms with E-state index in [1.54, 1.807) is 37.3 Å². The van der Waals surface area contributed by atoms with Crippen LogP contribution in [0.15, 0.2) is 53.4 Å². The number of urea groups is 1. The van der Waals surface area contributed by atoms with Crippen LogP contribution in [0.5, 0.6) is 0 Å². The van der Waals surface area contributed by atoms with Crippen molar-refractivity contribution in [2.45, 2.75) is 24.8 Å². The van der Waals surface area contributed by atoms with E-state index < -0.39 is 28.0 Å². The fraction of sp³-hybridized carbons (Fsp3) is 0.176. The summed E-state index contributed by atoms with van der Waals surface area (Å²) in [5.41, 5.74) is 1.33. The lowest BCUT2D eigenvalue weighted by Gasteiger charge is -2.15. The summed E-state index contributed by atoms with van der Waals surface area (Å²) < 4.78 is 23.1. The molecule has 1 atom stereocenters. The number of nitrogens with one attached hydrogen (secondary N) is 3. The molecule has 26 heavy (non-hydrogen) atoms. The van der Waals surface area contributed by atoms with E-state index in [-0.39, 0.29) is 10.6 Å². The molecule has 2 aromatic carbocycles. The van der Waals surface area contributed by atoms with Gasteiger partial charge in [0.25, 0.3) is 0 Å². The molecule has 0 aliphatic carbocycles. The molecule has 0 bridgehead atoms. The maximum absolute atomic E-state index is 12.2. The second-order valence-corrected chi connectivity index (χ2v) is 7.23. The molecule has 0 radical (unpaired) electrons. The normalized spacial score (nSPS) is 12.1. The second kappa shape index (κ2) is 7.98. The summed E-state index contributed by atoms with van der Waals surface area (Å²) in [5, 5.41) is 12.8. The van der Waals surface area contributed by atoms with Crippen molar-refractivity contribution in [3.63, 3.8) is 0 Å². The average molecular weight is 376 g/mol. The Labute approximate surface area is 151 Å². The number of hydrogen-bond donors (Lipinski definition) is 4. The SMILES string of the molecule is Cc1ccc(NC(=O)C(C)NC(=O)Nc2ccccc2)cc1S(N)(=O)=O. The van der Waals surface area contributed by atoms with Crippen LogP contribution < -0.4 is 21.1 Å². The molecular weight excluding hydrogens is 356 g/mol. The van der Waals surface area contributed by atoms with E-state index in [0.717, 1.165) is 0 Å². The Bertz CT molecular complexity index is 914. The number of para-hydroxylation sites is 1. The predicted molar refractivity (Wildman–Crippen MR) is 99.2 cm³/mol. The highest BCUT2D eigenvalue weighted by Crippen LogP contribution is 2.19. The smallest absolute Gasteiger partial charge is 0.319 e. The van der Waals surface area contributed by atoms with Gasteiger partial charge in [-0.05, 0) is 43.7 Å². The van der Waals surface area contributed by atoms with Gasteiger partial charge in [0, 0.05) is 11.4 Å². The summed E-state index contributed by atoms with van der Waals surface area (Å²) >= 11 is 0. The highest BCUT2D eigenvalue weighted by molar-refractivity contribution is 7.89. The minimum absolute atomic E-state index is 0.0715. The van der Waals surface area contributed by atoms with Crippen molar-refractivity contribution in [2.24, 2.45) is 5.14 Å². The van der Waals surface area contributed by atoms with Gasteiger partial charge in [0.1, 0.15) is 6.04 Å². The molecule has 0 heterocycles. The number of sulfonamides is 1. The molecule has 0 saturated carbocycles. The number of primary sulfonamides is 1. The number of hydrogen-bond acceptors (Lipinski definition) is 4. The number of carbonyl (C=O) groups excluding carboxylic acids is 2. The van der Waals surface area contributed by atoms with E-state index in [1.165, 1.54) is 19.1 Å². The first-order valence-electron chi connectivity index (χ1n) is 7.73. The Kier molecular flexibility index (Phi) is 5.96. The maximum Gasteiger partial charge on any atom is 0.319 e. The molecule has 0 aliphatic heterocycles. The number of amides is 3. The molecule has 2 rings (SSSR count). The summed E-state index contributed by atoms with van der Waals surface area (Å²) in [7, 11) is -3.90. The number of benzene rings is 2. The Balaban J connectivity index is 2.00. The third-order valence-corrected chi connectivity index (χ3v) is 4.59. The van der Waals surface area contributed by atoms with Crippen LogP contribution in [0.3, 0.4) is 0 Å². The van der Waals surface area contributed by atoms with Gasteiger partial charge in [-0.25, -0.2) is 18.4 Å². The Morgan fingerprint density at radius 3 is 2.27 bits per heavy atom. The zero-order valence-electron chi connectivity index (χ0n) is 14.3. The van der Waals surface area contributed by atoms with Crippen molar-refractivity contribution >= 4 is 33.3 Å². The van der Waals surface area contributed by atoms with Crippen LogP contribution in [-0.4, -0.2) is 26.4 Å². The first-order chi connectivity index (χ1) is 12.2. The first-order valence-corrected chi connectivity index (χ1v) is 9.28. The number of carbonyl (C=O) groups is 2. The topological polar surface area (TPSA) is 130 Å². The molecule has 0 fully saturated rings. The Hall–Kier alpha value is -2.91. The van der Waals surface area contributed by atoms with E-state index in [4.69, 9.17) is 5.14 Å². The van der Waals surface area contributed by atoms with E-state index in [0.29, 0.717) is 11.3 Å². The van der Waals surface area contributed by atoms with Gasteiger partial charge in [-0.3, -0.25) is 4.79 Å². The standard InChI is InChI=1S/C17H20N4O4S/c1-11-8-9-14(10-15(11)26(18,24)25)20-16(22)12(2)19-17(23)21-13-6-4-3-5-7-13/h3-10,12H,1-2H3,(H,20,22)(H2,18,24,25)(H2,19,21,23). The fourth-order valence-electron chi connectivity index (χ4n) is 2.19. The van der Waals surface area contributed by atoms with Crippen LogP contribution in [-0.2, 0) is 14.8 Å². The third kappa shape index (κ3) is 5.30. The minimum atomic E-state index is -3.90.